The molecular weight excluding hydrogens is 374 g/mol. The van der Waals surface area contributed by atoms with Gasteiger partial charge in [0.05, 0.1) is 37.8 Å². The minimum Gasteiger partial charge on any atom is -0.497 e. The molecule has 29 heavy (non-hydrogen) atoms. The van der Waals surface area contributed by atoms with Gasteiger partial charge in [-0.3, -0.25) is 9.89 Å². The highest BCUT2D eigenvalue weighted by molar-refractivity contribution is 6.07. The number of hydrogen-bond acceptors (Lipinski definition) is 6. The van der Waals surface area contributed by atoms with E-state index in [0.29, 0.717) is 28.4 Å². The van der Waals surface area contributed by atoms with Gasteiger partial charge in [-0.15, -0.1) is 0 Å². The van der Waals surface area contributed by atoms with Gasteiger partial charge in [0, 0.05) is 11.6 Å². The Labute approximate surface area is 167 Å². The van der Waals surface area contributed by atoms with Crippen LogP contribution in [-0.2, 0) is 4.74 Å². The molecule has 2 N–H and O–H groups in total. The van der Waals surface area contributed by atoms with Gasteiger partial charge in [-0.05, 0) is 37.3 Å². The molecule has 0 aliphatic carbocycles. The fourth-order valence-corrected chi connectivity index (χ4v) is 2.75. The number of methoxy groups -OCH3 is 2. The summed E-state index contributed by atoms with van der Waals surface area (Å²) >= 11 is 0. The molecule has 0 fully saturated rings. The summed E-state index contributed by atoms with van der Waals surface area (Å²) < 4.78 is 15.6. The van der Waals surface area contributed by atoms with Crippen molar-refractivity contribution >= 4 is 17.6 Å². The first-order valence-corrected chi connectivity index (χ1v) is 8.92. The smallest absolute Gasteiger partial charge is 0.340 e. The number of hydrogen-bond donors (Lipinski definition) is 2. The number of H-pyrrole nitrogens is 1. The SMILES string of the molecule is CCOC(=O)c1ccccc1NC(=O)c1cc(-c2ccc(OC)cc2OC)n[nH]1. The Bertz CT molecular complexity index is 1030. The molecule has 1 amide bonds. The van der Waals surface area contributed by atoms with Crippen LogP contribution in [0.3, 0.4) is 0 Å². The van der Waals surface area contributed by atoms with Crippen molar-refractivity contribution < 1.29 is 23.8 Å². The maximum Gasteiger partial charge on any atom is 0.340 e. The van der Waals surface area contributed by atoms with Gasteiger partial charge in [-0.1, -0.05) is 12.1 Å². The summed E-state index contributed by atoms with van der Waals surface area (Å²) in [4.78, 5) is 24.7. The molecular formula is C21H21N3O5. The van der Waals surface area contributed by atoms with Crippen molar-refractivity contribution in [3.63, 3.8) is 0 Å². The molecule has 3 aromatic rings. The summed E-state index contributed by atoms with van der Waals surface area (Å²) in [5, 5.41) is 9.63. The maximum atomic E-state index is 12.7. The molecule has 0 aliphatic rings. The van der Waals surface area contributed by atoms with Gasteiger partial charge < -0.3 is 19.5 Å². The molecule has 0 aliphatic heterocycles. The van der Waals surface area contributed by atoms with E-state index < -0.39 is 11.9 Å². The number of aromatic amines is 1. The standard InChI is InChI=1S/C21H21N3O5/c1-4-29-21(26)15-7-5-6-8-16(15)22-20(25)18-12-17(23-24-18)14-10-9-13(27-2)11-19(14)28-3/h5-12H,4H2,1-3H3,(H,22,25)(H,23,24). The van der Waals surface area contributed by atoms with Gasteiger partial charge >= 0.3 is 5.97 Å². The third-order valence-electron chi connectivity index (χ3n) is 4.18. The maximum absolute atomic E-state index is 12.7. The largest absolute Gasteiger partial charge is 0.497 e. The number of para-hydroxylation sites is 1. The predicted molar refractivity (Wildman–Crippen MR) is 107 cm³/mol. The Kier molecular flexibility index (Phi) is 6.13. The number of amides is 1. The normalized spacial score (nSPS) is 10.3. The highest BCUT2D eigenvalue weighted by atomic mass is 16.5. The highest BCUT2D eigenvalue weighted by Crippen LogP contribution is 2.32. The number of esters is 1. The zero-order valence-corrected chi connectivity index (χ0v) is 16.3. The van der Waals surface area contributed by atoms with Gasteiger partial charge in [0.25, 0.3) is 5.91 Å². The molecule has 0 saturated carbocycles. The third kappa shape index (κ3) is 4.37. The molecule has 0 spiro atoms. The van der Waals surface area contributed by atoms with Crippen molar-refractivity contribution in [3.8, 4) is 22.8 Å². The summed E-state index contributed by atoms with van der Waals surface area (Å²) in [5.41, 5.74) is 2.11. The van der Waals surface area contributed by atoms with Crippen LogP contribution < -0.4 is 14.8 Å². The molecule has 1 heterocycles. The number of aromatic nitrogens is 2. The number of nitrogens with zero attached hydrogens (tertiary/aromatic N) is 1. The Morgan fingerprint density at radius 3 is 2.59 bits per heavy atom. The number of nitrogens with one attached hydrogen (secondary N) is 2. The minimum atomic E-state index is -0.503. The van der Waals surface area contributed by atoms with Crippen LogP contribution in [0.5, 0.6) is 11.5 Å². The molecule has 1 aromatic heterocycles. The van der Waals surface area contributed by atoms with Gasteiger partial charge in [0.2, 0.25) is 0 Å². The second kappa shape index (κ2) is 8.92. The molecule has 8 heteroatoms. The highest BCUT2D eigenvalue weighted by Gasteiger charge is 2.18. The van der Waals surface area contributed by atoms with E-state index in [0.717, 1.165) is 0 Å². The lowest BCUT2D eigenvalue weighted by Gasteiger charge is -2.09. The fraction of sp³-hybridized carbons (Fsp3) is 0.190. The van der Waals surface area contributed by atoms with Gasteiger partial charge in [0.15, 0.2) is 0 Å². The number of rotatable bonds is 7. The molecule has 0 saturated heterocycles. The van der Waals surface area contributed by atoms with E-state index in [-0.39, 0.29) is 17.9 Å². The first-order chi connectivity index (χ1) is 14.1. The first-order valence-electron chi connectivity index (χ1n) is 8.92. The minimum absolute atomic E-state index is 0.233. The second-order valence-corrected chi connectivity index (χ2v) is 5.95. The lowest BCUT2D eigenvalue weighted by Crippen LogP contribution is -2.16. The molecule has 0 radical (unpaired) electrons. The van der Waals surface area contributed by atoms with Crippen LogP contribution in [0.1, 0.15) is 27.8 Å². The third-order valence-corrected chi connectivity index (χ3v) is 4.18. The Hall–Kier alpha value is -3.81. The number of anilines is 1. The molecule has 3 rings (SSSR count). The van der Waals surface area contributed by atoms with E-state index in [4.69, 9.17) is 14.2 Å². The van der Waals surface area contributed by atoms with E-state index in [1.54, 1.807) is 69.7 Å². The second-order valence-electron chi connectivity index (χ2n) is 5.95. The van der Waals surface area contributed by atoms with Crippen molar-refractivity contribution in [3.05, 3.63) is 59.8 Å². The van der Waals surface area contributed by atoms with Crippen molar-refractivity contribution in [1.29, 1.82) is 0 Å². The summed E-state index contributed by atoms with van der Waals surface area (Å²) in [6.45, 7) is 1.97. The Balaban J connectivity index is 1.84. The van der Waals surface area contributed by atoms with Crippen LogP contribution >= 0.6 is 0 Å². The molecule has 150 valence electrons. The van der Waals surface area contributed by atoms with E-state index >= 15 is 0 Å². The van der Waals surface area contributed by atoms with Crippen molar-refractivity contribution in [2.75, 3.05) is 26.1 Å². The van der Waals surface area contributed by atoms with E-state index in [2.05, 4.69) is 15.5 Å². The first kappa shape index (κ1) is 19.9. The molecule has 0 bridgehead atoms. The van der Waals surface area contributed by atoms with Crippen LogP contribution in [0.15, 0.2) is 48.5 Å². The predicted octanol–water partition coefficient (Wildman–Crippen LogP) is 3.52. The summed E-state index contributed by atoms with van der Waals surface area (Å²) in [6, 6.07) is 13.6. The molecule has 8 nitrogen and oxygen atoms in total. The molecule has 2 aromatic carbocycles. The fourth-order valence-electron chi connectivity index (χ4n) is 2.75. The lowest BCUT2D eigenvalue weighted by atomic mass is 10.1. The average molecular weight is 395 g/mol. The monoisotopic (exact) mass is 395 g/mol. The van der Waals surface area contributed by atoms with Gasteiger partial charge in [0.1, 0.15) is 17.2 Å². The van der Waals surface area contributed by atoms with Crippen LogP contribution in [-0.4, -0.2) is 42.9 Å². The van der Waals surface area contributed by atoms with Crippen LogP contribution in [0, 0.1) is 0 Å². The van der Waals surface area contributed by atoms with E-state index in [1.165, 1.54) is 0 Å². The van der Waals surface area contributed by atoms with Gasteiger partial charge in [-0.2, -0.15) is 5.10 Å². The summed E-state index contributed by atoms with van der Waals surface area (Å²) in [6.07, 6.45) is 0. The summed E-state index contributed by atoms with van der Waals surface area (Å²) in [5.74, 6) is 0.273. The zero-order valence-electron chi connectivity index (χ0n) is 16.3. The van der Waals surface area contributed by atoms with Gasteiger partial charge in [-0.25, -0.2) is 4.79 Å². The van der Waals surface area contributed by atoms with Crippen molar-refractivity contribution in [2.45, 2.75) is 6.92 Å². The zero-order chi connectivity index (χ0) is 20.8. The summed E-state index contributed by atoms with van der Waals surface area (Å²) in [7, 11) is 3.12. The molecule has 0 atom stereocenters. The van der Waals surface area contributed by atoms with E-state index in [9.17, 15) is 9.59 Å². The number of benzene rings is 2. The van der Waals surface area contributed by atoms with Crippen molar-refractivity contribution in [2.24, 2.45) is 0 Å². The quantitative estimate of drug-likeness (QED) is 0.594. The number of carbonyl (C=O) groups excluding carboxylic acids is 2. The topological polar surface area (TPSA) is 103 Å². The Morgan fingerprint density at radius 2 is 1.86 bits per heavy atom. The molecule has 0 unspecified atom stereocenters. The Morgan fingerprint density at radius 1 is 1.07 bits per heavy atom. The number of carbonyl (C=O) groups is 2. The van der Waals surface area contributed by atoms with Crippen molar-refractivity contribution in [1.82, 2.24) is 10.2 Å². The van der Waals surface area contributed by atoms with Crippen LogP contribution in [0.25, 0.3) is 11.3 Å². The average Bonchev–Trinajstić information content (AvgIpc) is 3.24. The van der Waals surface area contributed by atoms with E-state index in [1.807, 2.05) is 0 Å². The van der Waals surface area contributed by atoms with Crippen LogP contribution in [0.2, 0.25) is 0 Å². The van der Waals surface area contributed by atoms with Crippen LogP contribution in [0.4, 0.5) is 5.69 Å². The number of ether oxygens (including phenoxy) is 3. The lowest BCUT2D eigenvalue weighted by molar-refractivity contribution is 0.0527.